The van der Waals surface area contributed by atoms with Gasteiger partial charge in [-0.25, -0.2) is 4.98 Å². The van der Waals surface area contributed by atoms with Gasteiger partial charge < -0.3 is 10.6 Å². The highest BCUT2D eigenvalue weighted by Gasteiger charge is 2.10. The third kappa shape index (κ3) is 4.37. The number of nitriles is 1. The Morgan fingerprint density at radius 1 is 1.26 bits per heavy atom. The molecular formula is C15H11N5O3. The fraction of sp³-hybridized carbons (Fsp3) is 0. The van der Waals surface area contributed by atoms with E-state index in [-0.39, 0.29) is 11.3 Å². The van der Waals surface area contributed by atoms with Crippen molar-refractivity contribution in [1.82, 2.24) is 4.98 Å². The van der Waals surface area contributed by atoms with Crippen molar-refractivity contribution in [3.63, 3.8) is 0 Å². The molecule has 2 aromatic rings. The molecule has 0 fully saturated rings. The largest absolute Gasteiger partial charge is 0.345 e. The van der Waals surface area contributed by atoms with Crippen molar-refractivity contribution >= 4 is 23.1 Å². The van der Waals surface area contributed by atoms with Crippen LogP contribution < -0.4 is 10.6 Å². The summed E-state index contributed by atoms with van der Waals surface area (Å²) in [6.07, 6.45) is 2.81. The first-order valence-corrected chi connectivity index (χ1v) is 6.44. The first kappa shape index (κ1) is 15.7. The Balaban J connectivity index is 2.05. The number of carbonyl (C=O) groups excluding carboxylic acids is 1. The van der Waals surface area contributed by atoms with Crippen molar-refractivity contribution in [1.29, 1.82) is 5.26 Å². The van der Waals surface area contributed by atoms with Crippen molar-refractivity contribution in [3.05, 3.63) is 70.5 Å². The standard InChI is InChI=1S/C15H11N5O3/c16-9-11(10-18-14-3-1-2-8-17-14)15(21)19-12-4-6-13(7-5-12)20(22)23/h1-8,10H,(H,17,18)(H,19,21)/b11-10-. The molecule has 2 rings (SSSR count). The van der Waals surface area contributed by atoms with Crippen LogP contribution in [0.2, 0.25) is 0 Å². The maximum atomic E-state index is 12.0. The highest BCUT2D eigenvalue weighted by Crippen LogP contribution is 2.16. The first-order chi connectivity index (χ1) is 11.1. The lowest BCUT2D eigenvalue weighted by Crippen LogP contribution is -2.14. The number of nitrogens with one attached hydrogen (secondary N) is 2. The van der Waals surface area contributed by atoms with E-state index in [9.17, 15) is 14.9 Å². The molecule has 2 N–H and O–H groups in total. The molecule has 0 saturated heterocycles. The quantitative estimate of drug-likeness (QED) is 0.379. The summed E-state index contributed by atoms with van der Waals surface area (Å²) in [7, 11) is 0. The van der Waals surface area contributed by atoms with Crippen LogP contribution in [0.15, 0.2) is 60.4 Å². The van der Waals surface area contributed by atoms with Gasteiger partial charge in [0.05, 0.1) is 4.92 Å². The van der Waals surface area contributed by atoms with E-state index >= 15 is 0 Å². The molecule has 0 aliphatic rings. The van der Waals surface area contributed by atoms with Crippen LogP contribution in [-0.2, 0) is 4.79 Å². The van der Waals surface area contributed by atoms with Gasteiger partial charge in [-0.15, -0.1) is 0 Å². The Hall–Kier alpha value is -3.73. The number of hydrogen-bond donors (Lipinski definition) is 2. The Kier molecular flexibility index (Phi) is 4.99. The summed E-state index contributed by atoms with van der Waals surface area (Å²) in [4.78, 5) is 26.0. The predicted octanol–water partition coefficient (Wildman–Crippen LogP) is 2.45. The van der Waals surface area contributed by atoms with E-state index < -0.39 is 10.8 Å². The number of anilines is 2. The molecule has 1 aromatic carbocycles. The molecule has 1 heterocycles. The maximum absolute atomic E-state index is 12.0. The molecule has 1 aromatic heterocycles. The van der Waals surface area contributed by atoms with E-state index in [2.05, 4.69) is 15.6 Å². The average molecular weight is 309 g/mol. The number of hydrogen-bond acceptors (Lipinski definition) is 6. The van der Waals surface area contributed by atoms with E-state index in [0.29, 0.717) is 11.5 Å². The van der Waals surface area contributed by atoms with Crippen LogP contribution in [0, 0.1) is 21.4 Å². The smallest absolute Gasteiger partial charge is 0.269 e. The summed E-state index contributed by atoms with van der Waals surface area (Å²) in [6.45, 7) is 0. The SMILES string of the molecule is N#C/C(=C/Nc1ccccn1)C(=O)Nc1ccc([N+](=O)[O-])cc1. The molecule has 0 radical (unpaired) electrons. The van der Waals surface area contributed by atoms with Crippen molar-refractivity contribution in [2.45, 2.75) is 0 Å². The minimum Gasteiger partial charge on any atom is -0.345 e. The lowest BCUT2D eigenvalue weighted by molar-refractivity contribution is -0.384. The van der Waals surface area contributed by atoms with Gasteiger partial charge in [0.2, 0.25) is 0 Å². The van der Waals surface area contributed by atoms with Gasteiger partial charge in [-0.05, 0) is 24.3 Å². The number of carbonyl (C=O) groups is 1. The zero-order valence-corrected chi connectivity index (χ0v) is 11.8. The third-order valence-electron chi connectivity index (χ3n) is 2.73. The van der Waals surface area contributed by atoms with Crippen molar-refractivity contribution in [3.8, 4) is 6.07 Å². The number of rotatable bonds is 5. The van der Waals surface area contributed by atoms with E-state index in [0.717, 1.165) is 0 Å². The number of pyridine rings is 1. The second-order valence-corrected chi connectivity index (χ2v) is 4.29. The molecule has 114 valence electrons. The van der Waals surface area contributed by atoms with Gasteiger partial charge in [0, 0.05) is 30.2 Å². The van der Waals surface area contributed by atoms with Crippen LogP contribution >= 0.6 is 0 Å². The molecule has 8 heteroatoms. The normalized spacial score (nSPS) is 10.5. The van der Waals surface area contributed by atoms with Gasteiger partial charge in [-0.3, -0.25) is 14.9 Å². The molecule has 8 nitrogen and oxygen atoms in total. The van der Waals surface area contributed by atoms with Gasteiger partial charge in [0.1, 0.15) is 17.5 Å². The molecule has 0 bridgehead atoms. The van der Waals surface area contributed by atoms with Gasteiger partial charge in [0.25, 0.3) is 11.6 Å². The fourth-order valence-electron chi connectivity index (χ4n) is 1.61. The minimum absolute atomic E-state index is 0.0872. The Bertz CT molecular complexity index is 779. The first-order valence-electron chi connectivity index (χ1n) is 6.44. The number of nitro benzene ring substituents is 1. The molecular weight excluding hydrogens is 298 g/mol. The van der Waals surface area contributed by atoms with Gasteiger partial charge in [0.15, 0.2) is 0 Å². The molecule has 0 aliphatic carbocycles. The summed E-state index contributed by atoms with van der Waals surface area (Å²) in [5.41, 5.74) is 0.101. The van der Waals surface area contributed by atoms with Crippen LogP contribution in [0.4, 0.5) is 17.2 Å². The van der Waals surface area contributed by atoms with Crippen LogP contribution in [0.3, 0.4) is 0 Å². The number of benzene rings is 1. The Labute approximate surface area is 131 Å². The summed E-state index contributed by atoms with van der Waals surface area (Å²) < 4.78 is 0. The van der Waals surface area contributed by atoms with E-state index in [1.807, 2.05) is 0 Å². The summed E-state index contributed by atoms with van der Waals surface area (Å²) in [5, 5.41) is 24.8. The number of nitro groups is 1. The van der Waals surface area contributed by atoms with Crippen LogP contribution in [0.5, 0.6) is 0 Å². The second-order valence-electron chi connectivity index (χ2n) is 4.29. The van der Waals surface area contributed by atoms with E-state index in [4.69, 9.17) is 5.26 Å². The summed E-state index contributed by atoms with van der Waals surface area (Å²) >= 11 is 0. The monoisotopic (exact) mass is 309 g/mol. The molecule has 0 unspecified atom stereocenters. The number of non-ortho nitro benzene ring substituents is 1. The fourth-order valence-corrected chi connectivity index (χ4v) is 1.61. The third-order valence-corrected chi connectivity index (χ3v) is 2.73. The number of amides is 1. The van der Waals surface area contributed by atoms with Gasteiger partial charge in [-0.2, -0.15) is 5.26 Å². The lowest BCUT2D eigenvalue weighted by atomic mass is 10.2. The zero-order valence-electron chi connectivity index (χ0n) is 11.8. The highest BCUT2D eigenvalue weighted by atomic mass is 16.6. The Morgan fingerprint density at radius 3 is 2.57 bits per heavy atom. The van der Waals surface area contributed by atoms with Crippen LogP contribution in [0.25, 0.3) is 0 Å². The van der Waals surface area contributed by atoms with E-state index in [1.165, 1.54) is 30.5 Å². The van der Waals surface area contributed by atoms with Crippen LogP contribution in [0.1, 0.15) is 0 Å². The summed E-state index contributed by atoms with van der Waals surface area (Å²) in [5.74, 6) is -0.145. The molecule has 0 atom stereocenters. The van der Waals surface area contributed by atoms with Gasteiger partial charge >= 0.3 is 0 Å². The minimum atomic E-state index is -0.634. The summed E-state index contributed by atoms with van der Waals surface area (Å²) in [6, 6.07) is 12.2. The maximum Gasteiger partial charge on any atom is 0.269 e. The van der Waals surface area contributed by atoms with Gasteiger partial charge in [-0.1, -0.05) is 6.07 Å². The second kappa shape index (κ2) is 7.33. The highest BCUT2D eigenvalue weighted by molar-refractivity contribution is 6.06. The predicted molar refractivity (Wildman–Crippen MR) is 83.3 cm³/mol. The van der Waals surface area contributed by atoms with Crippen molar-refractivity contribution in [2.24, 2.45) is 0 Å². The molecule has 1 amide bonds. The topological polar surface area (TPSA) is 121 Å². The molecule has 0 aliphatic heterocycles. The van der Waals surface area contributed by atoms with Crippen molar-refractivity contribution < 1.29 is 9.72 Å². The molecule has 23 heavy (non-hydrogen) atoms. The van der Waals surface area contributed by atoms with Crippen LogP contribution in [-0.4, -0.2) is 15.8 Å². The number of nitrogens with zero attached hydrogens (tertiary/aromatic N) is 3. The Morgan fingerprint density at radius 2 is 2.00 bits per heavy atom. The molecule has 0 spiro atoms. The lowest BCUT2D eigenvalue weighted by Gasteiger charge is -2.04. The van der Waals surface area contributed by atoms with E-state index in [1.54, 1.807) is 30.5 Å². The van der Waals surface area contributed by atoms with Crippen molar-refractivity contribution in [2.75, 3.05) is 10.6 Å². The zero-order chi connectivity index (χ0) is 16.7. The average Bonchev–Trinajstić information content (AvgIpc) is 2.57. The molecule has 0 saturated carbocycles. The number of aromatic nitrogens is 1.